The van der Waals surface area contributed by atoms with Gasteiger partial charge in [-0.15, -0.1) is 0 Å². The summed E-state index contributed by atoms with van der Waals surface area (Å²) in [5, 5.41) is 0. The van der Waals surface area contributed by atoms with E-state index in [4.69, 9.17) is 4.74 Å². The van der Waals surface area contributed by atoms with Crippen molar-refractivity contribution >= 4 is 11.8 Å². The molecule has 0 aliphatic heterocycles. The quantitative estimate of drug-likeness (QED) is 0.624. The lowest BCUT2D eigenvalue weighted by Gasteiger charge is -2.08. The Kier molecular flexibility index (Phi) is 4.72. The smallest absolute Gasteiger partial charge is 0.337 e. The first-order chi connectivity index (χ1) is 10.1. The third-order valence-electron chi connectivity index (χ3n) is 2.99. The predicted octanol–water partition coefficient (Wildman–Crippen LogP) is 3.25. The van der Waals surface area contributed by atoms with Gasteiger partial charge in [0.1, 0.15) is 12.4 Å². The van der Waals surface area contributed by atoms with Crippen LogP contribution in [0.15, 0.2) is 48.5 Å². The second-order valence-corrected chi connectivity index (χ2v) is 4.56. The molecule has 2 aromatic rings. The molecule has 21 heavy (non-hydrogen) atoms. The van der Waals surface area contributed by atoms with Crippen LogP contribution in [-0.2, 0) is 11.3 Å². The average molecular weight is 284 g/mol. The van der Waals surface area contributed by atoms with Gasteiger partial charge in [-0.2, -0.15) is 0 Å². The first-order valence-electron chi connectivity index (χ1n) is 6.51. The number of esters is 1. The van der Waals surface area contributed by atoms with Gasteiger partial charge in [0.15, 0.2) is 5.78 Å². The third-order valence-corrected chi connectivity index (χ3v) is 2.99. The van der Waals surface area contributed by atoms with Gasteiger partial charge < -0.3 is 9.47 Å². The van der Waals surface area contributed by atoms with Crippen LogP contribution in [0, 0.1) is 0 Å². The van der Waals surface area contributed by atoms with E-state index in [2.05, 4.69) is 4.74 Å². The van der Waals surface area contributed by atoms with Crippen LogP contribution in [0.2, 0.25) is 0 Å². The molecule has 0 saturated carbocycles. The summed E-state index contributed by atoms with van der Waals surface area (Å²) in [4.78, 5) is 22.8. The number of carbonyl (C=O) groups is 2. The Labute approximate surface area is 123 Å². The summed E-state index contributed by atoms with van der Waals surface area (Å²) in [6, 6.07) is 14.1. The third kappa shape index (κ3) is 3.92. The molecule has 0 radical (unpaired) electrons. The number of rotatable bonds is 5. The van der Waals surface area contributed by atoms with E-state index >= 15 is 0 Å². The van der Waals surface area contributed by atoms with Crippen molar-refractivity contribution in [3.63, 3.8) is 0 Å². The molecule has 4 nitrogen and oxygen atoms in total. The normalized spacial score (nSPS) is 10.0. The molecular formula is C17H16O4. The van der Waals surface area contributed by atoms with Gasteiger partial charge in [0.2, 0.25) is 0 Å². The monoisotopic (exact) mass is 284 g/mol. The largest absolute Gasteiger partial charge is 0.489 e. The molecule has 0 fully saturated rings. The molecule has 0 spiro atoms. The van der Waals surface area contributed by atoms with Crippen LogP contribution in [0.25, 0.3) is 0 Å². The molecule has 0 aliphatic rings. The maximum absolute atomic E-state index is 11.5. The maximum Gasteiger partial charge on any atom is 0.337 e. The van der Waals surface area contributed by atoms with Crippen LogP contribution in [0.5, 0.6) is 5.75 Å². The number of hydrogen-bond donors (Lipinski definition) is 0. The first-order valence-corrected chi connectivity index (χ1v) is 6.51. The van der Waals surface area contributed by atoms with E-state index in [9.17, 15) is 9.59 Å². The van der Waals surface area contributed by atoms with Crippen molar-refractivity contribution in [1.29, 1.82) is 0 Å². The molecular weight excluding hydrogens is 268 g/mol. The van der Waals surface area contributed by atoms with E-state index in [0.29, 0.717) is 23.5 Å². The maximum atomic E-state index is 11.5. The molecule has 0 bridgehead atoms. The lowest BCUT2D eigenvalue weighted by molar-refractivity contribution is 0.0600. The fourth-order valence-electron chi connectivity index (χ4n) is 1.88. The highest BCUT2D eigenvalue weighted by Gasteiger charge is 2.06. The van der Waals surface area contributed by atoms with Gasteiger partial charge in [0.25, 0.3) is 0 Å². The molecule has 4 heteroatoms. The number of ether oxygens (including phenoxy) is 2. The predicted molar refractivity (Wildman–Crippen MR) is 78.6 cm³/mol. The molecule has 0 aliphatic carbocycles. The average Bonchev–Trinajstić information content (AvgIpc) is 2.52. The summed E-state index contributed by atoms with van der Waals surface area (Å²) in [6.45, 7) is 1.82. The summed E-state index contributed by atoms with van der Waals surface area (Å²) in [5.41, 5.74) is 1.94. The second-order valence-electron chi connectivity index (χ2n) is 4.56. The standard InChI is InChI=1S/C17H16O4/c1-12(18)14-6-4-8-16(10-14)21-11-13-5-3-7-15(9-13)17(19)20-2/h3-10H,11H2,1-2H3. The van der Waals surface area contributed by atoms with Crippen LogP contribution >= 0.6 is 0 Å². The molecule has 0 amide bonds. The summed E-state index contributed by atoms with van der Waals surface area (Å²) < 4.78 is 10.3. The van der Waals surface area contributed by atoms with E-state index in [-0.39, 0.29) is 11.8 Å². The Balaban J connectivity index is 2.08. The minimum atomic E-state index is -0.379. The first kappa shape index (κ1) is 14.8. The zero-order valence-electron chi connectivity index (χ0n) is 12.0. The highest BCUT2D eigenvalue weighted by atomic mass is 16.5. The van der Waals surface area contributed by atoms with Crippen LogP contribution in [0.4, 0.5) is 0 Å². The van der Waals surface area contributed by atoms with Gasteiger partial charge in [-0.1, -0.05) is 24.3 Å². The molecule has 0 unspecified atom stereocenters. The van der Waals surface area contributed by atoms with Crippen molar-refractivity contribution in [1.82, 2.24) is 0 Å². The minimum Gasteiger partial charge on any atom is -0.489 e. The van der Waals surface area contributed by atoms with E-state index < -0.39 is 0 Å². The summed E-state index contributed by atoms with van der Waals surface area (Å²) in [6.07, 6.45) is 0. The van der Waals surface area contributed by atoms with E-state index in [0.717, 1.165) is 5.56 Å². The van der Waals surface area contributed by atoms with Crippen molar-refractivity contribution in [2.45, 2.75) is 13.5 Å². The number of hydrogen-bond acceptors (Lipinski definition) is 4. The van der Waals surface area contributed by atoms with Gasteiger partial charge in [0, 0.05) is 5.56 Å². The molecule has 2 aromatic carbocycles. The summed E-state index contributed by atoms with van der Waals surface area (Å²) in [5.74, 6) is 0.231. The van der Waals surface area contributed by atoms with Gasteiger partial charge in [-0.3, -0.25) is 4.79 Å². The Hall–Kier alpha value is -2.62. The van der Waals surface area contributed by atoms with Crippen LogP contribution < -0.4 is 4.74 Å². The Morgan fingerprint density at radius 3 is 2.43 bits per heavy atom. The van der Waals surface area contributed by atoms with E-state index in [1.807, 2.05) is 6.07 Å². The lowest BCUT2D eigenvalue weighted by Crippen LogP contribution is -2.03. The van der Waals surface area contributed by atoms with Gasteiger partial charge >= 0.3 is 5.97 Å². The van der Waals surface area contributed by atoms with Gasteiger partial charge in [-0.25, -0.2) is 4.79 Å². The van der Waals surface area contributed by atoms with E-state index in [1.165, 1.54) is 14.0 Å². The second kappa shape index (κ2) is 6.70. The molecule has 0 aromatic heterocycles. The van der Waals surface area contributed by atoms with Crippen molar-refractivity contribution in [2.24, 2.45) is 0 Å². The van der Waals surface area contributed by atoms with E-state index in [1.54, 1.807) is 42.5 Å². The minimum absolute atomic E-state index is 0.00635. The summed E-state index contributed by atoms with van der Waals surface area (Å²) in [7, 11) is 1.35. The number of carbonyl (C=O) groups excluding carboxylic acids is 2. The van der Waals surface area contributed by atoms with Crippen LogP contribution in [0.1, 0.15) is 33.2 Å². The summed E-state index contributed by atoms with van der Waals surface area (Å²) >= 11 is 0. The highest BCUT2D eigenvalue weighted by Crippen LogP contribution is 2.16. The fourth-order valence-corrected chi connectivity index (χ4v) is 1.88. The fraction of sp³-hybridized carbons (Fsp3) is 0.176. The van der Waals surface area contributed by atoms with Gasteiger partial charge in [0.05, 0.1) is 12.7 Å². The molecule has 0 saturated heterocycles. The molecule has 0 atom stereocenters. The van der Waals surface area contributed by atoms with Crippen molar-refractivity contribution in [3.8, 4) is 5.75 Å². The zero-order valence-corrected chi connectivity index (χ0v) is 12.0. The molecule has 2 rings (SSSR count). The van der Waals surface area contributed by atoms with Crippen molar-refractivity contribution in [3.05, 3.63) is 65.2 Å². The number of Topliss-reactive ketones (excluding diaryl/α,β-unsaturated/α-hetero) is 1. The van der Waals surface area contributed by atoms with Crippen LogP contribution in [0.3, 0.4) is 0 Å². The molecule has 0 heterocycles. The number of methoxy groups -OCH3 is 1. The SMILES string of the molecule is COC(=O)c1cccc(COc2cccc(C(C)=O)c2)c1. The topological polar surface area (TPSA) is 52.6 Å². The Morgan fingerprint density at radius 2 is 1.71 bits per heavy atom. The van der Waals surface area contributed by atoms with Crippen LogP contribution in [-0.4, -0.2) is 18.9 Å². The number of benzene rings is 2. The number of ketones is 1. The van der Waals surface area contributed by atoms with Crippen molar-refractivity contribution < 1.29 is 19.1 Å². The van der Waals surface area contributed by atoms with Gasteiger partial charge in [-0.05, 0) is 36.8 Å². The lowest BCUT2D eigenvalue weighted by atomic mass is 10.1. The molecule has 108 valence electrons. The molecule has 0 N–H and O–H groups in total. The zero-order chi connectivity index (χ0) is 15.2. The Bertz CT molecular complexity index is 661. The highest BCUT2D eigenvalue weighted by molar-refractivity contribution is 5.94. The Morgan fingerprint density at radius 1 is 1.00 bits per heavy atom. The van der Waals surface area contributed by atoms with Crippen molar-refractivity contribution in [2.75, 3.05) is 7.11 Å².